The average molecular weight is 318 g/mol. The zero-order valence-electron chi connectivity index (χ0n) is 13.2. The molecule has 4 rings (SSSR count). The van der Waals surface area contributed by atoms with Gasteiger partial charge in [-0.1, -0.05) is 12.1 Å². The van der Waals surface area contributed by atoms with E-state index in [0.717, 1.165) is 38.2 Å². The Kier molecular flexibility index (Phi) is 4.07. The van der Waals surface area contributed by atoms with Crippen molar-refractivity contribution in [1.29, 1.82) is 0 Å². The summed E-state index contributed by atoms with van der Waals surface area (Å²) in [6.45, 7) is 3.23. The lowest BCUT2D eigenvalue weighted by molar-refractivity contribution is -0.128. The number of morpholine rings is 1. The summed E-state index contributed by atoms with van der Waals surface area (Å²) in [5.74, 6) is 0.642. The molecule has 1 aliphatic carbocycles. The average Bonchev–Trinajstić information content (AvgIpc) is 3.32. The van der Waals surface area contributed by atoms with E-state index in [4.69, 9.17) is 4.74 Å². The zero-order chi connectivity index (χ0) is 15.8. The fourth-order valence-corrected chi connectivity index (χ4v) is 3.69. The van der Waals surface area contributed by atoms with Crippen molar-refractivity contribution in [3.8, 4) is 0 Å². The fourth-order valence-electron chi connectivity index (χ4n) is 3.69. The highest BCUT2D eigenvalue weighted by molar-refractivity contribution is 5.79. The van der Waals surface area contributed by atoms with Crippen molar-refractivity contribution in [2.75, 3.05) is 19.6 Å². The maximum atomic E-state index is 13.0. The topological polar surface area (TPSA) is 41.6 Å². The fraction of sp³-hybridized carbons (Fsp3) is 0.611. The number of ether oxygens (including phenoxy) is 1. The Hall–Kier alpha value is -1.46. The molecule has 1 aromatic carbocycles. The van der Waals surface area contributed by atoms with Crippen molar-refractivity contribution < 1.29 is 13.9 Å². The second-order valence-electron chi connectivity index (χ2n) is 7.15. The van der Waals surface area contributed by atoms with Crippen molar-refractivity contribution in [2.24, 2.45) is 11.8 Å². The van der Waals surface area contributed by atoms with Crippen LogP contribution in [-0.4, -0.2) is 42.6 Å². The maximum Gasteiger partial charge on any atom is 0.225 e. The van der Waals surface area contributed by atoms with Gasteiger partial charge in [0.15, 0.2) is 0 Å². The molecule has 3 fully saturated rings. The van der Waals surface area contributed by atoms with E-state index in [1.54, 1.807) is 0 Å². The van der Waals surface area contributed by atoms with Gasteiger partial charge < -0.3 is 10.1 Å². The number of carbonyl (C=O) groups is 1. The lowest BCUT2D eigenvalue weighted by atomic mass is 9.99. The quantitative estimate of drug-likeness (QED) is 0.902. The van der Waals surface area contributed by atoms with Crippen LogP contribution in [0.1, 0.15) is 24.8 Å². The molecule has 2 saturated heterocycles. The number of hydrogen-bond donors (Lipinski definition) is 1. The number of hydrogen-bond acceptors (Lipinski definition) is 3. The van der Waals surface area contributed by atoms with Crippen LogP contribution in [0.25, 0.3) is 0 Å². The van der Waals surface area contributed by atoms with Gasteiger partial charge in [0.2, 0.25) is 5.91 Å². The molecule has 2 aliphatic heterocycles. The van der Waals surface area contributed by atoms with Crippen LogP contribution in [0.3, 0.4) is 0 Å². The predicted molar refractivity (Wildman–Crippen MR) is 84.2 cm³/mol. The lowest BCUT2D eigenvalue weighted by Gasteiger charge is -2.32. The van der Waals surface area contributed by atoms with Gasteiger partial charge in [-0.05, 0) is 42.9 Å². The summed E-state index contributed by atoms with van der Waals surface area (Å²) in [5, 5.41) is 3.09. The number of benzene rings is 1. The maximum absolute atomic E-state index is 13.0. The largest absolute Gasteiger partial charge is 0.371 e. The first-order valence-corrected chi connectivity index (χ1v) is 8.57. The summed E-state index contributed by atoms with van der Waals surface area (Å²) in [5.41, 5.74) is 1.10. The first kappa shape index (κ1) is 15.1. The van der Waals surface area contributed by atoms with Crippen LogP contribution >= 0.6 is 0 Å². The van der Waals surface area contributed by atoms with E-state index in [0.29, 0.717) is 5.92 Å². The molecule has 124 valence electrons. The molecule has 2 bridgehead atoms. The van der Waals surface area contributed by atoms with Gasteiger partial charge in [0.25, 0.3) is 0 Å². The number of likely N-dealkylation sites (tertiary alicyclic amines) is 1. The first-order chi connectivity index (χ1) is 11.2. The molecular formula is C18H23FN2O2. The van der Waals surface area contributed by atoms with E-state index >= 15 is 0 Å². The molecule has 2 heterocycles. The summed E-state index contributed by atoms with van der Waals surface area (Å²) in [6, 6.07) is 6.65. The molecule has 0 aromatic heterocycles. The van der Waals surface area contributed by atoms with Crippen molar-refractivity contribution in [1.82, 2.24) is 10.2 Å². The van der Waals surface area contributed by atoms with Gasteiger partial charge in [-0.25, -0.2) is 4.39 Å². The molecule has 1 amide bonds. The lowest BCUT2D eigenvalue weighted by Crippen LogP contribution is -2.45. The summed E-state index contributed by atoms with van der Waals surface area (Å²) in [4.78, 5) is 14.7. The Balaban J connectivity index is 1.33. The Morgan fingerprint density at radius 3 is 2.78 bits per heavy atom. The molecule has 0 unspecified atom stereocenters. The SMILES string of the molecule is O=C(NCC1CC1)[C@@H]1C[C@H]2CN(Cc3ccc(F)cc3)C[C@@H]1O2. The summed E-state index contributed by atoms with van der Waals surface area (Å²) < 4.78 is 19.0. The van der Waals surface area contributed by atoms with Gasteiger partial charge in [0.05, 0.1) is 18.1 Å². The molecule has 4 nitrogen and oxygen atoms in total. The minimum absolute atomic E-state index is 0.00611. The van der Waals surface area contributed by atoms with Crippen molar-refractivity contribution in [3.05, 3.63) is 35.6 Å². The highest BCUT2D eigenvalue weighted by Crippen LogP contribution is 2.33. The summed E-state index contributed by atoms with van der Waals surface area (Å²) >= 11 is 0. The number of nitrogens with zero attached hydrogens (tertiary/aromatic N) is 1. The van der Waals surface area contributed by atoms with Crippen molar-refractivity contribution in [2.45, 2.75) is 38.0 Å². The molecular weight excluding hydrogens is 295 g/mol. The Bertz CT molecular complexity index is 573. The third-order valence-electron chi connectivity index (χ3n) is 5.15. The highest BCUT2D eigenvalue weighted by Gasteiger charge is 2.44. The molecule has 0 spiro atoms. The number of amides is 1. The van der Waals surface area contributed by atoms with Gasteiger partial charge in [-0.15, -0.1) is 0 Å². The van der Waals surface area contributed by atoms with Gasteiger partial charge >= 0.3 is 0 Å². The number of nitrogens with one attached hydrogen (secondary N) is 1. The van der Waals surface area contributed by atoms with E-state index in [2.05, 4.69) is 10.2 Å². The minimum Gasteiger partial charge on any atom is -0.371 e. The molecule has 5 heteroatoms. The van der Waals surface area contributed by atoms with Crippen molar-refractivity contribution >= 4 is 5.91 Å². The third kappa shape index (κ3) is 3.56. The highest BCUT2D eigenvalue weighted by atomic mass is 19.1. The monoisotopic (exact) mass is 318 g/mol. The minimum atomic E-state index is -0.205. The zero-order valence-corrected chi connectivity index (χ0v) is 13.2. The third-order valence-corrected chi connectivity index (χ3v) is 5.15. The number of rotatable bonds is 5. The van der Waals surface area contributed by atoms with E-state index in [1.165, 1.54) is 25.0 Å². The molecule has 1 saturated carbocycles. The predicted octanol–water partition coefficient (Wildman–Crippen LogP) is 1.94. The van der Waals surface area contributed by atoms with Crippen LogP contribution in [0.15, 0.2) is 24.3 Å². The van der Waals surface area contributed by atoms with Crippen LogP contribution < -0.4 is 5.32 Å². The molecule has 1 aromatic rings. The molecule has 1 N–H and O–H groups in total. The first-order valence-electron chi connectivity index (χ1n) is 8.57. The van der Waals surface area contributed by atoms with Crippen LogP contribution in [0.5, 0.6) is 0 Å². The Morgan fingerprint density at radius 1 is 1.26 bits per heavy atom. The molecule has 0 radical (unpaired) electrons. The second-order valence-corrected chi connectivity index (χ2v) is 7.15. The molecule has 3 atom stereocenters. The number of fused-ring (bicyclic) bond motifs is 2. The van der Waals surface area contributed by atoms with E-state index in [1.807, 2.05) is 12.1 Å². The van der Waals surface area contributed by atoms with E-state index in [9.17, 15) is 9.18 Å². The molecule has 3 aliphatic rings. The van der Waals surface area contributed by atoms with E-state index in [-0.39, 0.29) is 29.9 Å². The van der Waals surface area contributed by atoms with Crippen molar-refractivity contribution in [3.63, 3.8) is 0 Å². The smallest absolute Gasteiger partial charge is 0.225 e. The Labute approximate surface area is 136 Å². The molecule has 23 heavy (non-hydrogen) atoms. The van der Waals surface area contributed by atoms with Crippen LogP contribution in [-0.2, 0) is 16.1 Å². The van der Waals surface area contributed by atoms with Gasteiger partial charge in [0.1, 0.15) is 5.82 Å². The number of halogens is 1. The standard InChI is InChI=1S/C18H23FN2O2/c19-14-5-3-13(4-6-14)9-21-10-15-7-16(17(11-21)23-15)18(22)20-8-12-1-2-12/h3-6,12,15-17H,1-2,7-11H2,(H,20,22)/t15-,16+,17-/m0/s1. The Morgan fingerprint density at radius 2 is 2.04 bits per heavy atom. The van der Waals surface area contributed by atoms with Crippen LogP contribution in [0.2, 0.25) is 0 Å². The van der Waals surface area contributed by atoms with Gasteiger partial charge in [0, 0.05) is 26.2 Å². The summed E-state index contributed by atoms with van der Waals surface area (Å²) in [6.07, 6.45) is 3.46. The summed E-state index contributed by atoms with van der Waals surface area (Å²) in [7, 11) is 0. The van der Waals surface area contributed by atoms with Gasteiger partial charge in [-0.2, -0.15) is 0 Å². The van der Waals surface area contributed by atoms with Gasteiger partial charge in [-0.3, -0.25) is 9.69 Å². The van der Waals surface area contributed by atoms with Crippen LogP contribution in [0, 0.1) is 17.7 Å². The normalized spacial score (nSPS) is 30.4. The second kappa shape index (κ2) is 6.21. The van der Waals surface area contributed by atoms with Crippen LogP contribution in [0.4, 0.5) is 4.39 Å². The number of carbonyl (C=O) groups excluding carboxylic acids is 1. The van der Waals surface area contributed by atoms with E-state index < -0.39 is 0 Å².